The molecule has 0 amide bonds. The summed E-state index contributed by atoms with van der Waals surface area (Å²) < 4.78 is 4.18. The quantitative estimate of drug-likeness (QED) is 0.699. The molecule has 0 spiro atoms. The van der Waals surface area contributed by atoms with Crippen LogP contribution >= 0.6 is 12.2 Å². The number of aryl methyl sites for hydroxylation is 1. The van der Waals surface area contributed by atoms with E-state index < -0.39 is 12.0 Å². The number of aliphatic carboxylic acids is 1. The van der Waals surface area contributed by atoms with E-state index in [0.717, 1.165) is 5.69 Å². The van der Waals surface area contributed by atoms with E-state index >= 15 is 0 Å². The number of carboxylic acids is 1. The molecule has 1 aromatic heterocycles. The highest BCUT2D eigenvalue weighted by molar-refractivity contribution is 7.71. The van der Waals surface area contributed by atoms with Gasteiger partial charge in [-0.05, 0) is 12.2 Å². The smallest absolute Gasteiger partial charge is 0.320 e. The van der Waals surface area contributed by atoms with Crippen LogP contribution in [0.15, 0.2) is 6.20 Å². The Hall–Kier alpha value is -1.14. The van der Waals surface area contributed by atoms with Crippen molar-refractivity contribution < 1.29 is 9.90 Å². The third kappa shape index (κ3) is 2.02. The number of aromatic nitrogens is 2. The van der Waals surface area contributed by atoms with Crippen LogP contribution in [0.5, 0.6) is 0 Å². The van der Waals surface area contributed by atoms with E-state index in [0.29, 0.717) is 4.77 Å². The summed E-state index contributed by atoms with van der Waals surface area (Å²) in [5.41, 5.74) is 6.25. The Bertz CT molecular complexity index is 407. The normalized spacial score (nSPS) is 12.8. The van der Waals surface area contributed by atoms with Crippen molar-refractivity contribution in [3.05, 3.63) is 16.7 Å². The van der Waals surface area contributed by atoms with E-state index in [-0.39, 0.29) is 6.42 Å². The molecule has 0 saturated heterocycles. The maximum absolute atomic E-state index is 10.5. The van der Waals surface area contributed by atoms with Crippen LogP contribution in [0.3, 0.4) is 0 Å². The zero-order chi connectivity index (χ0) is 10.9. The van der Waals surface area contributed by atoms with Crippen LogP contribution in [0.25, 0.3) is 0 Å². The Morgan fingerprint density at radius 3 is 2.64 bits per heavy atom. The third-order valence-electron chi connectivity index (χ3n) is 2.11. The molecule has 0 fully saturated rings. The van der Waals surface area contributed by atoms with Gasteiger partial charge < -0.3 is 20.0 Å². The molecule has 14 heavy (non-hydrogen) atoms. The molecule has 3 N–H and O–H groups in total. The second-order valence-corrected chi connectivity index (χ2v) is 3.59. The SMILES string of the molecule is Cn1cc(CC(N)C(=O)O)n(C)c1=S. The van der Waals surface area contributed by atoms with Gasteiger partial charge in [-0.25, -0.2) is 0 Å². The zero-order valence-electron chi connectivity index (χ0n) is 8.10. The van der Waals surface area contributed by atoms with Crippen molar-refractivity contribution in [2.75, 3.05) is 0 Å². The lowest BCUT2D eigenvalue weighted by Gasteiger charge is -2.05. The van der Waals surface area contributed by atoms with Gasteiger partial charge in [0, 0.05) is 32.4 Å². The van der Waals surface area contributed by atoms with Crippen LogP contribution < -0.4 is 5.73 Å². The van der Waals surface area contributed by atoms with Gasteiger partial charge in [0.2, 0.25) is 0 Å². The van der Waals surface area contributed by atoms with Crippen molar-refractivity contribution in [3.63, 3.8) is 0 Å². The van der Waals surface area contributed by atoms with Crippen molar-refractivity contribution in [1.29, 1.82) is 0 Å². The molecule has 0 bridgehead atoms. The van der Waals surface area contributed by atoms with Crippen molar-refractivity contribution >= 4 is 18.2 Å². The fraction of sp³-hybridized carbons (Fsp3) is 0.500. The highest BCUT2D eigenvalue weighted by atomic mass is 32.1. The molecule has 78 valence electrons. The number of hydrogen-bond donors (Lipinski definition) is 2. The molecule has 1 heterocycles. The van der Waals surface area contributed by atoms with Crippen LogP contribution in [0.4, 0.5) is 0 Å². The lowest BCUT2D eigenvalue weighted by Crippen LogP contribution is -2.32. The molecule has 1 unspecified atom stereocenters. The van der Waals surface area contributed by atoms with Gasteiger partial charge in [0.05, 0.1) is 0 Å². The second kappa shape index (κ2) is 3.93. The summed E-state index contributed by atoms with van der Waals surface area (Å²) >= 11 is 5.07. The lowest BCUT2D eigenvalue weighted by atomic mass is 10.2. The van der Waals surface area contributed by atoms with Crippen LogP contribution in [0, 0.1) is 4.77 Å². The molecule has 1 atom stereocenters. The summed E-state index contributed by atoms with van der Waals surface area (Å²) in [6.07, 6.45) is 2.08. The average Bonchev–Trinajstić information content (AvgIpc) is 2.33. The number of hydrogen-bond acceptors (Lipinski definition) is 3. The molecule has 6 heteroatoms. The van der Waals surface area contributed by atoms with Gasteiger partial charge in [-0.2, -0.15) is 0 Å². The van der Waals surface area contributed by atoms with Gasteiger partial charge in [-0.1, -0.05) is 0 Å². The molecule has 0 aliphatic heterocycles. The first-order valence-electron chi connectivity index (χ1n) is 4.13. The van der Waals surface area contributed by atoms with Gasteiger partial charge >= 0.3 is 5.97 Å². The second-order valence-electron chi connectivity index (χ2n) is 3.22. The molecule has 1 rings (SSSR count). The van der Waals surface area contributed by atoms with Gasteiger partial charge in [0.1, 0.15) is 6.04 Å². The van der Waals surface area contributed by atoms with Crippen LogP contribution in [-0.2, 0) is 25.3 Å². The monoisotopic (exact) mass is 215 g/mol. The van der Waals surface area contributed by atoms with E-state index in [1.807, 2.05) is 7.05 Å². The van der Waals surface area contributed by atoms with Crippen LogP contribution in [0.1, 0.15) is 5.69 Å². The molecular formula is C8H13N3O2S. The fourth-order valence-corrected chi connectivity index (χ4v) is 1.40. The number of nitrogens with zero attached hydrogens (tertiary/aromatic N) is 2. The minimum absolute atomic E-state index is 0.288. The summed E-state index contributed by atoms with van der Waals surface area (Å²) in [7, 11) is 3.62. The first-order chi connectivity index (χ1) is 6.43. The Morgan fingerprint density at radius 2 is 2.29 bits per heavy atom. The molecular weight excluding hydrogens is 202 g/mol. The predicted octanol–water partition coefficient (Wildman–Crippen LogP) is 0.0475. The summed E-state index contributed by atoms with van der Waals surface area (Å²) in [5.74, 6) is -1.00. The number of nitrogens with two attached hydrogens (primary N) is 1. The largest absolute Gasteiger partial charge is 0.480 e. The third-order valence-corrected chi connectivity index (χ3v) is 2.67. The molecule has 0 aliphatic rings. The molecule has 0 saturated carbocycles. The Kier molecular flexibility index (Phi) is 3.07. The first kappa shape index (κ1) is 10.9. The minimum Gasteiger partial charge on any atom is -0.480 e. The molecule has 0 radical (unpaired) electrons. The zero-order valence-corrected chi connectivity index (χ0v) is 8.91. The summed E-state index contributed by atoms with van der Waals surface area (Å²) in [6, 6.07) is -0.877. The van der Waals surface area contributed by atoms with E-state index in [1.165, 1.54) is 0 Å². The first-order valence-corrected chi connectivity index (χ1v) is 4.54. The molecule has 5 nitrogen and oxygen atoms in total. The number of imidazole rings is 1. The van der Waals surface area contributed by atoms with Gasteiger partial charge in [0.25, 0.3) is 0 Å². The van der Waals surface area contributed by atoms with E-state index in [4.69, 9.17) is 23.1 Å². The highest BCUT2D eigenvalue weighted by Crippen LogP contribution is 2.04. The Labute approximate surface area is 86.8 Å². The van der Waals surface area contributed by atoms with E-state index in [1.54, 1.807) is 22.4 Å². The van der Waals surface area contributed by atoms with Crippen molar-refractivity contribution in [2.45, 2.75) is 12.5 Å². The Morgan fingerprint density at radius 1 is 1.71 bits per heavy atom. The van der Waals surface area contributed by atoms with Crippen molar-refractivity contribution in [3.8, 4) is 0 Å². The van der Waals surface area contributed by atoms with Crippen LogP contribution in [0.2, 0.25) is 0 Å². The summed E-state index contributed by atoms with van der Waals surface area (Å²) in [6.45, 7) is 0. The minimum atomic E-state index is -1.00. The van der Waals surface area contributed by atoms with Gasteiger partial charge in [0.15, 0.2) is 4.77 Å². The lowest BCUT2D eigenvalue weighted by molar-refractivity contribution is -0.138. The van der Waals surface area contributed by atoms with Crippen molar-refractivity contribution in [1.82, 2.24) is 9.13 Å². The molecule has 0 aromatic carbocycles. The average molecular weight is 215 g/mol. The predicted molar refractivity (Wildman–Crippen MR) is 54.5 cm³/mol. The topological polar surface area (TPSA) is 73.2 Å². The maximum atomic E-state index is 10.5. The maximum Gasteiger partial charge on any atom is 0.320 e. The fourth-order valence-electron chi connectivity index (χ4n) is 1.23. The summed E-state index contributed by atoms with van der Waals surface area (Å²) in [4.78, 5) is 10.5. The Balaban J connectivity index is 2.93. The van der Waals surface area contributed by atoms with Gasteiger partial charge in [-0.3, -0.25) is 4.79 Å². The standard InChI is InChI=1S/C8H13N3O2S/c1-10-4-5(11(2)8(10)14)3-6(9)7(12)13/h4,6H,3,9H2,1-2H3,(H,12,13). The van der Waals surface area contributed by atoms with E-state index in [2.05, 4.69) is 0 Å². The number of carboxylic acid groups (broad SMARTS) is 1. The molecule has 0 aliphatic carbocycles. The van der Waals surface area contributed by atoms with Crippen molar-refractivity contribution in [2.24, 2.45) is 19.8 Å². The highest BCUT2D eigenvalue weighted by Gasteiger charge is 2.14. The number of carbonyl (C=O) groups is 1. The van der Waals surface area contributed by atoms with Gasteiger partial charge in [-0.15, -0.1) is 0 Å². The molecule has 1 aromatic rings. The summed E-state index contributed by atoms with van der Waals surface area (Å²) in [5, 5.41) is 8.64. The number of rotatable bonds is 3. The van der Waals surface area contributed by atoms with Crippen LogP contribution in [-0.4, -0.2) is 26.3 Å². The van der Waals surface area contributed by atoms with E-state index in [9.17, 15) is 4.79 Å².